The topological polar surface area (TPSA) is 9.23 Å². The van der Waals surface area contributed by atoms with E-state index in [0.29, 0.717) is 6.10 Å². The van der Waals surface area contributed by atoms with Crippen molar-refractivity contribution in [1.29, 1.82) is 0 Å². The van der Waals surface area contributed by atoms with Gasteiger partial charge in [-0.1, -0.05) is 40.6 Å². The molecule has 1 aromatic rings. The number of hydrogen-bond donors (Lipinski definition) is 0. The highest BCUT2D eigenvalue weighted by molar-refractivity contribution is 8.76. The van der Waals surface area contributed by atoms with Gasteiger partial charge in [0.25, 0.3) is 0 Å². The molecule has 0 aliphatic heterocycles. The van der Waals surface area contributed by atoms with Gasteiger partial charge in [0.1, 0.15) is 5.94 Å². The second-order valence-electron chi connectivity index (χ2n) is 3.53. The monoisotopic (exact) mass is 242 g/mol. The summed E-state index contributed by atoms with van der Waals surface area (Å²) in [5, 5.41) is 0. The van der Waals surface area contributed by atoms with Gasteiger partial charge < -0.3 is 4.74 Å². The van der Waals surface area contributed by atoms with Crippen molar-refractivity contribution in [1.82, 2.24) is 0 Å². The van der Waals surface area contributed by atoms with Crippen LogP contribution in [0.2, 0.25) is 0 Å². The molecule has 0 bridgehead atoms. The van der Waals surface area contributed by atoms with E-state index < -0.39 is 0 Å². The Balaban J connectivity index is 2.25. The standard InChI is InChI=1S/C12H18OS2/c1-4-11-5-7-12(8-6-11)15-14-9-13-10(2)3/h5-8,10H,4,9H2,1-3H3. The second-order valence-corrected chi connectivity index (χ2v) is 5.85. The quantitative estimate of drug-likeness (QED) is 0.416. The van der Waals surface area contributed by atoms with Crippen molar-refractivity contribution in [2.45, 2.75) is 38.2 Å². The zero-order valence-electron chi connectivity index (χ0n) is 9.53. The van der Waals surface area contributed by atoms with Gasteiger partial charge in [-0.15, -0.1) is 0 Å². The van der Waals surface area contributed by atoms with Crippen LogP contribution in [0.4, 0.5) is 0 Å². The van der Waals surface area contributed by atoms with E-state index in [2.05, 4.69) is 45.0 Å². The molecule has 0 fully saturated rings. The summed E-state index contributed by atoms with van der Waals surface area (Å²) < 4.78 is 5.45. The highest BCUT2D eigenvalue weighted by atomic mass is 33.1. The van der Waals surface area contributed by atoms with Crippen molar-refractivity contribution >= 4 is 21.6 Å². The number of aryl methyl sites for hydroxylation is 1. The Bertz CT molecular complexity index is 269. The minimum absolute atomic E-state index is 0.320. The van der Waals surface area contributed by atoms with Crippen LogP contribution >= 0.6 is 21.6 Å². The van der Waals surface area contributed by atoms with Gasteiger partial charge in [-0.05, 0) is 38.0 Å². The van der Waals surface area contributed by atoms with Gasteiger partial charge in [0, 0.05) is 4.90 Å². The molecule has 84 valence electrons. The molecule has 1 rings (SSSR count). The Hall–Kier alpha value is -0.120. The smallest absolute Gasteiger partial charge is 0.103 e. The fourth-order valence-corrected chi connectivity index (χ4v) is 2.85. The maximum atomic E-state index is 5.45. The van der Waals surface area contributed by atoms with Crippen molar-refractivity contribution in [3.05, 3.63) is 29.8 Å². The Morgan fingerprint density at radius 1 is 1.20 bits per heavy atom. The number of rotatable bonds is 6. The van der Waals surface area contributed by atoms with Crippen LogP contribution < -0.4 is 0 Å². The molecule has 15 heavy (non-hydrogen) atoms. The van der Waals surface area contributed by atoms with Crippen molar-refractivity contribution in [2.24, 2.45) is 0 Å². The van der Waals surface area contributed by atoms with Crippen molar-refractivity contribution in [2.75, 3.05) is 5.94 Å². The average molecular weight is 242 g/mol. The third-order valence-electron chi connectivity index (χ3n) is 1.94. The molecule has 0 unspecified atom stereocenters. The fourth-order valence-electron chi connectivity index (χ4n) is 1.04. The lowest BCUT2D eigenvalue weighted by Gasteiger charge is -2.06. The van der Waals surface area contributed by atoms with Crippen LogP contribution in [0.1, 0.15) is 26.3 Å². The first kappa shape index (κ1) is 12.9. The van der Waals surface area contributed by atoms with Gasteiger partial charge in [0.05, 0.1) is 6.10 Å². The third-order valence-corrected chi connectivity index (χ3v) is 3.97. The normalized spacial score (nSPS) is 10.9. The second kappa shape index (κ2) is 7.20. The maximum absolute atomic E-state index is 5.45. The molecule has 0 saturated carbocycles. The minimum atomic E-state index is 0.320. The number of hydrogen-bond acceptors (Lipinski definition) is 3. The van der Waals surface area contributed by atoms with Crippen LogP contribution in [-0.4, -0.2) is 12.0 Å². The van der Waals surface area contributed by atoms with E-state index in [1.165, 1.54) is 10.5 Å². The molecule has 1 nitrogen and oxygen atoms in total. The predicted molar refractivity (Wildman–Crippen MR) is 70.4 cm³/mol. The summed E-state index contributed by atoms with van der Waals surface area (Å²) in [5.74, 6) is 0.748. The summed E-state index contributed by atoms with van der Waals surface area (Å²) in [6, 6.07) is 8.72. The SMILES string of the molecule is CCc1ccc(SSCOC(C)C)cc1. The number of ether oxygens (including phenoxy) is 1. The molecule has 0 spiro atoms. The molecule has 0 amide bonds. The highest BCUT2D eigenvalue weighted by Gasteiger charge is 1.97. The molecule has 3 heteroatoms. The summed E-state index contributed by atoms with van der Waals surface area (Å²) in [6.45, 7) is 6.29. The molecule has 0 radical (unpaired) electrons. The first-order chi connectivity index (χ1) is 7.22. The van der Waals surface area contributed by atoms with Crippen molar-refractivity contribution in [3.8, 4) is 0 Å². The summed E-state index contributed by atoms with van der Waals surface area (Å²) in [5.41, 5.74) is 1.39. The maximum Gasteiger partial charge on any atom is 0.103 e. The molecule has 0 aromatic heterocycles. The first-order valence-corrected chi connectivity index (χ1v) is 7.54. The van der Waals surface area contributed by atoms with E-state index >= 15 is 0 Å². The molecule has 0 aliphatic rings. The lowest BCUT2D eigenvalue weighted by molar-refractivity contribution is 0.121. The van der Waals surface area contributed by atoms with Crippen LogP contribution in [-0.2, 0) is 11.2 Å². The number of benzene rings is 1. The molecule has 1 aromatic carbocycles. The first-order valence-electron chi connectivity index (χ1n) is 5.22. The predicted octanol–water partition coefficient (Wildman–Crippen LogP) is 4.37. The van der Waals surface area contributed by atoms with Crippen LogP contribution in [0.25, 0.3) is 0 Å². The lowest BCUT2D eigenvalue weighted by atomic mass is 10.2. The average Bonchev–Trinajstić information content (AvgIpc) is 2.25. The van der Waals surface area contributed by atoms with Crippen molar-refractivity contribution in [3.63, 3.8) is 0 Å². The van der Waals surface area contributed by atoms with E-state index in [1.54, 1.807) is 21.6 Å². The van der Waals surface area contributed by atoms with E-state index in [4.69, 9.17) is 4.74 Å². The Morgan fingerprint density at radius 3 is 2.40 bits per heavy atom. The third kappa shape index (κ3) is 5.50. The fraction of sp³-hybridized carbons (Fsp3) is 0.500. The zero-order valence-corrected chi connectivity index (χ0v) is 11.2. The molecular formula is C12H18OS2. The molecular weight excluding hydrogens is 224 g/mol. The minimum Gasteiger partial charge on any atom is -0.367 e. The summed E-state index contributed by atoms with van der Waals surface area (Å²) in [6.07, 6.45) is 1.43. The van der Waals surface area contributed by atoms with E-state index in [-0.39, 0.29) is 0 Å². The lowest BCUT2D eigenvalue weighted by Crippen LogP contribution is -1.99. The molecule has 0 aliphatic carbocycles. The summed E-state index contributed by atoms with van der Waals surface area (Å²) in [4.78, 5) is 1.30. The van der Waals surface area contributed by atoms with Crippen LogP contribution in [0.15, 0.2) is 29.2 Å². The van der Waals surface area contributed by atoms with Crippen LogP contribution in [0.5, 0.6) is 0 Å². The Labute approximate surface area is 100 Å². The largest absolute Gasteiger partial charge is 0.367 e. The van der Waals surface area contributed by atoms with Gasteiger partial charge in [-0.25, -0.2) is 0 Å². The van der Waals surface area contributed by atoms with E-state index in [9.17, 15) is 0 Å². The Morgan fingerprint density at radius 2 is 1.87 bits per heavy atom. The molecule has 0 heterocycles. The van der Waals surface area contributed by atoms with E-state index in [0.717, 1.165) is 12.4 Å². The zero-order chi connectivity index (χ0) is 11.1. The van der Waals surface area contributed by atoms with Gasteiger partial charge in [-0.2, -0.15) is 0 Å². The van der Waals surface area contributed by atoms with E-state index in [1.807, 2.05) is 0 Å². The molecule has 0 saturated heterocycles. The van der Waals surface area contributed by atoms with Gasteiger partial charge in [-0.3, -0.25) is 0 Å². The van der Waals surface area contributed by atoms with Gasteiger partial charge >= 0.3 is 0 Å². The van der Waals surface area contributed by atoms with Gasteiger partial charge in [0.2, 0.25) is 0 Å². The molecule has 0 N–H and O–H groups in total. The van der Waals surface area contributed by atoms with Crippen LogP contribution in [0.3, 0.4) is 0 Å². The summed E-state index contributed by atoms with van der Waals surface area (Å²) in [7, 11) is 3.52. The highest BCUT2D eigenvalue weighted by Crippen LogP contribution is 2.31. The van der Waals surface area contributed by atoms with Crippen LogP contribution in [0, 0.1) is 0 Å². The van der Waals surface area contributed by atoms with Gasteiger partial charge in [0.15, 0.2) is 0 Å². The summed E-state index contributed by atoms with van der Waals surface area (Å²) >= 11 is 0. The Kier molecular flexibility index (Phi) is 6.22. The van der Waals surface area contributed by atoms with Crippen molar-refractivity contribution < 1.29 is 4.74 Å². The molecule has 0 atom stereocenters.